The Morgan fingerprint density at radius 2 is 2.31 bits per heavy atom. The Morgan fingerprint density at radius 1 is 1.38 bits per heavy atom. The Morgan fingerprint density at radius 3 is 3.00 bits per heavy atom. The minimum Gasteiger partial charge on any atom is -0.391 e. The highest BCUT2D eigenvalue weighted by Gasteiger charge is 2.08. The quantitative estimate of drug-likeness (QED) is 0.747. The van der Waals surface area contributed by atoms with Crippen molar-refractivity contribution in [3.63, 3.8) is 0 Å². The molecule has 0 aliphatic carbocycles. The minimum atomic E-state index is -0.0757. The zero-order valence-corrected chi connectivity index (χ0v) is 6.84. The molecule has 0 spiro atoms. The number of rotatable bonds is 2. The van der Waals surface area contributed by atoms with Crippen LogP contribution in [0.15, 0.2) is 35.2 Å². The van der Waals surface area contributed by atoms with Gasteiger partial charge in [0.1, 0.15) is 0 Å². The first-order valence-corrected chi connectivity index (χ1v) is 3.86. The Labute approximate surface area is 74.8 Å². The molecule has 0 aliphatic heterocycles. The fourth-order valence-corrected chi connectivity index (χ4v) is 1.11. The minimum absolute atomic E-state index is 0.0757. The maximum atomic E-state index is 8.95. The molecule has 0 amide bonds. The summed E-state index contributed by atoms with van der Waals surface area (Å²) in [4.78, 5) is 3.95. The molecule has 66 valence electrons. The molecule has 0 bridgehead atoms. The highest BCUT2D eigenvalue weighted by molar-refractivity contribution is 5.58. The molecule has 4 nitrogen and oxygen atoms in total. The maximum Gasteiger partial charge on any atom is 0.173 e. The summed E-state index contributed by atoms with van der Waals surface area (Å²) in [6, 6.07) is 3.66. The van der Waals surface area contributed by atoms with Gasteiger partial charge >= 0.3 is 0 Å². The van der Waals surface area contributed by atoms with Gasteiger partial charge in [0, 0.05) is 23.5 Å². The van der Waals surface area contributed by atoms with Gasteiger partial charge in [-0.2, -0.15) is 0 Å². The molecule has 0 fully saturated rings. The lowest BCUT2D eigenvalue weighted by molar-refractivity contribution is 0.281. The van der Waals surface area contributed by atoms with Gasteiger partial charge in [0.2, 0.25) is 0 Å². The van der Waals surface area contributed by atoms with Crippen LogP contribution < -0.4 is 0 Å². The van der Waals surface area contributed by atoms with Crippen molar-refractivity contribution in [1.82, 2.24) is 10.1 Å². The fourth-order valence-electron chi connectivity index (χ4n) is 1.11. The van der Waals surface area contributed by atoms with Crippen LogP contribution >= 0.6 is 0 Å². The fraction of sp³-hybridized carbons (Fsp3) is 0.111. The predicted molar refractivity (Wildman–Crippen MR) is 45.7 cm³/mol. The molecule has 2 aromatic heterocycles. The monoisotopic (exact) mass is 176 g/mol. The molecule has 2 heterocycles. The van der Waals surface area contributed by atoms with Crippen molar-refractivity contribution in [2.75, 3.05) is 0 Å². The van der Waals surface area contributed by atoms with Gasteiger partial charge in [-0.25, -0.2) is 0 Å². The molecule has 2 rings (SSSR count). The molecular weight excluding hydrogens is 168 g/mol. The number of hydrogen-bond donors (Lipinski definition) is 1. The van der Waals surface area contributed by atoms with Crippen molar-refractivity contribution in [2.24, 2.45) is 0 Å². The van der Waals surface area contributed by atoms with Gasteiger partial charge in [-0.05, 0) is 12.1 Å². The van der Waals surface area contributed by atoms with Gasteiger partial charge in [-0.15, -0.1) is 0 Å². The number of aliphatic hydroxyl groups is 1. The summed E-state index contributed by atoms with van der Waals surface area (Å²) in [5.74, 6) is 0.579. The topological polar surface area (TPSA) is 59.2 Å². The molecule has 0 aromatic carbocycles. The average molecular weight is 176 g/mol. The zero-order chi connectivity index (χ0) is 9.10. The molecule has 4 heteroatoms. The van der Waals surface area contributed by atoms with Crippen LogP contribution in [0.5, 0.6) is 0 Å². The largest absolute Gasteiger partial charge is 0.391 e. The van der Waals surface area contributed by atoms with Gasteiger partial charge in [0.05, 0.1) is 12.8 Å². The van der Waals surface area contributed by atoms with Crippen molar-refractivity contribution in [2.45, 2.75) is 6.61 Å². The van der Waals surface area contributed by atoms with Crippen LogP contribution in [0.3, 0.4) is 0 Å². The molecular formula is C9H8N2O2. The van der Waals surface area contributed by atoms with E-state index in [1.807, 2.05) is 6.07 Å². The summed E-state index contributed by atoms with van der Waals surface area (Å²) < 4.78 is 4.99. The first kappa shape index (κ1) is 7.94. The summed E-state index contributed by atoms with van der Waals surface area (Å²) in [7, 11) is 0. The average Bonchev–Trinajstić information content (AvgIpc) is 2.67. The number of aromatic nitrogens is 2. The van der Waals surface area contributed by atoms with E-state index in [0.717, 1.165) is 5.56 Å². The van der Waals surface area contributed by atoms with E-state index in [4.69, 9.17) is 9.63 Å². The molecule has 1 N–H and O–H groups in total. The Kier molecular flexibility index (Phi) is 2.06. The smallest absolute Gasteiger partial charge is 0.173 e. The van der Waals surface area contributed by atoms with Gasteiger partial charge in [0.25, 0.3) is 0 Å². The van der Waals surface area contributed by atoms with E-state index in [-0.39, 0.29) is 6.61 Å². The Hall–Kier alpha value is -1.68. The van der Waals surface area contributed by atoms with E-state index in [1.54, 1.807) is 18.5 Å². The molecule has 0 unspecified atom stereocenters. The number of aliphatic hydroxyl groups excluding tert-OH is 1. The first-order chi connectivity index (χ1) is 6.42. The Bertz CT molecular complexity index is 384. The predicted octanol–water partition coefficient (Wildman–Crippen LogP) is 1.23. The summed E-state index contributed by atoms with van der Waals surface area (Å²) in [6.07, 6.45) is 4.85. The van der Waals surface area contributed by atoms with Crippen LogP contribution in [-0.4, -0.2) is 15.2 Å². The van der Waals surface area contributed by atoms with Gasteiger partial charge in [-0.1, -0.05) is 5.16 Å². The third-order valence-electron chi connectivity index (χ3n) is 1.74. The van der Waals surface area contributed by atoms with Gasteiger partial charge < -0.3 is 9.63 Å². The number of hydrogen-bond acceptors (Lipinski definition) is 4. The van der Waals surface area contributed by atoms with Crippen LogP contribution in [0.25, 0.3) is 11.3 Å². The van der Waals surface area contributed by atoms with Crippen molar-refractivity contribution < 1.29 is 9.63 Å². The normalized spacial score (nSPS) is 10.2. The highest BCUT2D eigenvalue weighted by atomic mass is 16.5. The molecule has 0 atom stereocenters. The van der Waals surface area contributed by atoms with E-state index in [9.17, 15) is 0 Å². The summed E-state index contributed by atoms with van der Waals surface area (Å²) in [5, 5.41) is 12.6. The molecule has 13 heavy (non-hydrogen) atoms. The lowest BCUT2D eigenvalue weighted by Crippen LogP contribution is -1.83. The summed E-state index contributed by atoms with van der Waals surface area (Å²) >= 11 is 0. The summed E-state index contributed by atoms with van der Waals surface area (Å²) in [6.45, 7) is -0.0757. The standard InChI is InChI=1S/C9H8N2O2/c12-6-8-5-11-13-9(8)7-2-1-3-10-4-7/h1-5,12H,6H2. The first-order valence-electron chi connectivity index (χ1n) is 3.86. The lowest BCUT2D eigenvalue weighted by Gasteiger charge is -1.95. The van der Waals surface area contributed by atoms with E-state index >= 15 is 0 Å². The SMILES string of the molecule is OCc1cnoc1-c1cccnc1. The molecule has 0 saturated carbocycles. The van der Waals surface area contributed by atoms with E-state index in [0.29, 0.717) is 11.3 Å². The second kappa shape index (κ2) is 3.37. The Balaban J connectivity index is 2.47. The van der Waals surface area contributed by atoms with Crippen LogP contribution in [0, 0.1) is 0 Å². The second-order valence-corrected chi connectivity index (χ2v) is 2.58. The van der Waals surface area contributed by atoms with Crippen LogP contribution in [0.4, 0.5) is 0 Å². The second-order valence-electron chi connectivity index (χ2n) is 2.58. The van der Waals surface area contributed by atoms with Crippen molar-refractivity contribution in [1.29, 1.82) is 0 Å². The highest BCUT2D eigenvalue weighted by Crippen LogP contribution is 2.21. The molecule has 0 radical (unpaired) electrons. The van der Waals surface area contributed by atoms with Crippen LogP contribution in [-0.2, 0) is 6.61 Å². The third-order valence-corrected chi connectivity index (χ3v) is 1.74. The van der Waals surface area contributed by atoms with E-state index in [2.05, 4.69) is 10.1 Å². The zero-order valence-electron chi connectivity index (χ0n) is 6.84. The molecule has 2 aromatic rings. The number of pyridine rings is 1. The van der Waals surface area contributed by atoms with E-state index < -0.39 is 0 Å². The van der Waals surface area contributed by atoms with E-state index in [1.165, 1.54) is 6.20 Å². The maximum absolute atomic E-state index is 8.95. The molecule has 0 aliphatic rings. The number of nitrogens with zero attached hydrogens (tertiary/aromatic N) is 2. The lowest BCUT2D eigenvalue weighted by atomic mass is 10.1. The summed E-state index contributed by atoms with van der Waals surface area (Å²) in [5.41, 5.74) is 1.50. The van der Waals surface area contributed by atoms with Gasteiger partial charge in [0.15, 0.2) is 5.76 Å². The van der Waals surface area contributed by atoms with Gasteiger partial charge in [-0.3, -0.25) is 4.98 Å². The van der Waals surface area contributed by atoms with Crippen LogP contribution in [0.2, 0.25) is 0 Å². The third kappa shape index (κ3) is 1.43. The van der Waals surface area contributed by atoms with Crippen molar-refractivity contribution in [3.8, 4) is 11.3 Å². The van der Waals surface area contributed by atoms with Crippen molar-refractivity contribution in [3.05, 3.63) is 36.3 Å². The van der Waals surface area contributed by atoms with Crippen LogP contribution in [0.1, 0.15) is 5.56 Å². The van der Waals surface area contributed by atoms with Crippen molar-refractivity contribution >= 4 is 0 Å². The molecule has 0 saturated heterocycles.